The highest BCUT2D eigenvalue weighted by atomic mass is 16.6. The van der Waals surface area contributed by atoms with Crippen LogP contribution in [0.1, 0.15) is 43.4 Å². The number of ether oxygens (including phenoxy) is 1. The van der Waals surface area contributed by atoms with Crippen LogP contribution in [0.15, 0.2) is 0 Å². The average molecular weight is 296 g/mol. The van der Waals surface area contributed by atoms with Gasteiger partial charge in [-0.15, -0.1) is 0 Å². The highest BCUT2D eigenvalue weighted by Crippen LogP contribution is 2.51. The number of carbonyl (C=O) groups is 1. The molecule has 8 nitrogen and oxygen atoms in total. The Morgan fingerprint density at radius 2 is 2.14 bits per heavy atom. The summed E-state index contributed by atoms with van der Waals surface area (Å²) in [6.45, 7) is 7.48. The Labute approximate surface area is 122 Å². The normalized spacial score (nSPS) is 27.0. The van der Waals surface area contributed by atoms with Crippen LogP contribution in [-0.2, 0) is 4.74 Å². The van der Waals surface area contributed by atoms with E-state index in [1.54, 1.807) is 7.11 Å². The number of methoxy groups -OCH3 is 1. The van der Waals surface area contributed by atoms with Gasteiger partial charge in [0.05, 0.1) is 10.5 Å². The number of amides is 1. The summed E-state index contributed by atoms with van der Waals surface area (Å²) in [6.07, 6.45) is 0.652. The molecule has 2 rings (SSSR count). The lowest BCUT2D eigenvalue weighted by Gasteiger charge is -2.59. The van der Waals surface area contributed by atoms with Crippen LogP contribution in [-0.4, -0.2) is 39.8 Å². The molecular weight excluding hydrogens is 276 g/mol. The molecular formula is C13H20N4O4. The van der Waals surface area contributed by atoms with Crippen LogP contribution in [0.5, 0.6) is 0 Å². The Bertz CT molecular complexity index is 595. The molecule has 1 aromatic heterocycles. The van der Waals surface area contributed by atoms with Gasteiger partial charge in [-0.25, -0.2) is 0 Å². The maximum absolute atomic E-state index is 12.2. The highest BCUT2D eigenvalue weighted by molar-refractivity contribution is 5.96. The van der Waals surface area contributed by atoms with Crippen LogP contribution in [0, 0.1) is 22.5 Å². The summed E-state index contributed by atoms with van der Waals surface area (Å²) in [4.78, 5) is 22.6. The number of rotatable bonds is 4. The SMILES string of the molecule is COC1(C)CC(NC(=O)c2n[nH]c(C)c2[N+](=O)[O-])C1(C)C. The molecule has 1 fully saturated rings. The van der Waals surface area contributed by atoms with Crippen molar-refractivity contribution in [2.45, 2.75) is 45.8 Å². The molecule has 0 bridgehead atoms. The van der Waals surface area contributed by atoms with Gasteiger partial charge in [-0.1, -0.05) is 13.8 Å². The Balaban J connectivity index is 2.16. The van der Waals surface area contributed by atoms with E-state index in [1.165, 1.54) is 6.92 Å². The molecule has 2 atom stereocenters. The van der Waals surface area contributed by atoms with Crippen molar-refractivity contribution in [3.05, 3.63) is 21.5 Å². The number of aromatic nitrogens is 2. The van der Waals surface area contributed by atoms with Gasteiger partial charge in [0, 0.05) is 18.6 Å². The summed E-state index contributed by atoms with van der Waals surface area (Å²) in [5.41, 5.74) is -0.783. The van der Waals surface area contributed by atoms with Gasteiger partial charge in [0.15, 0.2) is 0 Å². The molecule has 1 amide bonds. The largest absolute Gasteiger partial charge is 0.378 e. The zero-order chi connectivity index (χ0) is 16.0. The second kappa shape index (κ2) is 4.80. The second-order valence-electron chi connectivity index (χ2n) is 6.19. The standard InChI is InChI=1S/C13H20N4O4/c1-7-10(17(19)20)9(16-15-7)11(18)14-8-6-13(4,21-5)12(8,2)3/h8H,6H2,1-5H3,(H,14,18)(H,15,16). The van der Waals surface area contributed by atoms with Crippen LogP contribution in [0.25, 0.3) is 0 Å². The van der Waals surface area contributed by atoms with Gasteiger partial charge >= 0.3 is 5.69 Å². The molecule has 1 saturated carbocycles. The first-order chi connectivity index (χ1) is 9.64. The molecule has 0 radical (unpaired) electrons. The van der Waals surface area contributed by atoms with Crippen LogP contribution in [0.2, 0.25) is 0 Å². The summed E-state index contributed by atoms with van der Waals surface area (Å²) in [5, 5.41) is 20.0. The van der Waals surface area contributed by atoms with Gasteiger partial charge < -0.3 is 10.1 Å². The number of nitro groups is 1. The Morgan fingerprint density at radius 3 is 2.62 bits per heavy atom. The summed E-state index contributed by atoms with van der Waals surface area (Å²) >= 11 is 0. The molecule has 2 N–H and O–H groups in total. The predicted octanol–water partition coefficient (Wildman–Crippen LogP) is 1.56. The fourth-order valence-corrected chi connectivity index (χ4v) is 2.75. The van der Waals surface area contributed by atoms with Gasteiger partial charge in [-0.05, 0) is 20.3 Å². The third kappa shape index (κ3) is 2.19. The fourth-order valence-electron chi connectivity index (χ4n) is 2.75. The van der Waals surface area contributed by atoms with Crippen molar-refractivity contribution in [3.63, 3.8) is 0 Å². The smallest absolute Gasteiger partial charge is 0.322 e. The number of aromatic amines is 1. The number of hydrogen-bond donors (Lipinski definition) is 2. The quantitative estimate of drug-likeness (QED) is 0.647. The monoisotopic (exact) mass is 296 g/mol. The van der Waals surface area contributed by atoms with Crippen molar-refractivity contribution in [2.75, 3.05) is 7.11 Å². The number of hydrogen-bond acceptors (Lipinski definition) is 5. The Hall–Kier alpha value is -1.96. The molecule has 1 aliphatic rings. The lowest BCUT2D eigenvalue weighted by atomic mass is 9.56. The van der Waals surface area contributed by atoms with Crippen molar-refractivity contribution < 1.29 is 14.5 Å². The summed E-state index contributed by atoms with van der Waals surface area (Å²) in [5.74, 6) is -0.540. The van der Waals surface area contributed by atoms with Crippen molar-refractivity contribution in [1.29, 1.82) is 0 Å². The summed E-state index contributed by atoms with van der Waals surface area (Å²) < 4.78 is 5.49. The molecule has 1 aliphatic carbocycles. The van der Waals surface area contributed by atoms with Crippen LogP contribution < -0.4 is 5.32 Å². The molecule has 1 aromatic rings. The molecule has 8 heteroatoms. The van der Waals surface area contributed by atoms with Gasteiger partial charge in [0.1, 0.15) is 5.69 Å². The van der Waals surface area contributed by atoms with E-state index in [1.807, 2.05) is 20.8 Å². The first-order valence-corrected chi connectivity index (χ1v) is 6.69. The Morgan fingerprint density at radius 1 is 1.52 bits per heavy atom. The van der Waals surface area contributed by atoms with E-state index < -0.39 is 10.8 Å². The predicted molar refractivity (Wildman–Crippen MR) is 75.0 cm³/mol. The number of carbonyl (C=O) groups excluding carboxylic acids is 1. The lowest BCUT2D eigenvalue weighted by Crippen LogP contribution is -2.68. The summed E-state index contributed by atoms with van der Waals surface area (Å²) in [6, 6.07) is -0.119. The third-order valence-electron chi connectivity index (χ3n) is 4.90. The maximum Gasteiger partial charge on any atom is 0.322 e. The number of H-pyrrole nitrogens is 1. The molecule has 1 heterocycles. The zero-order valence-electron chi connectivity index (χ0n) is 12.8. The van der Waals surface area contributed by atoms with Gasteiger partial charge in [-0.3, -0.25) is 20.0 Å². The van der Waals surface area contributed by atoms with Crippen molar-refractivity contribution in [3.8, 4) is 0 Å². The first-order valence-electron chi connectivity index (χ1n) is 6.69. The topological polar surface area (TPSA) is 110 Å². The van der Waals surface area contributed by atoms with Gasteiger partial charge in [-0.2, -0.15) is 5.10 Å². The van der Waals surface area contributed by atoms with E-state index >= 15 is 0 Å². The minimum atomic E-state index is -0.598. The molecule has 0 aliphatic heterocycles. The van der Waals surface area contributed by atoms with Gasteiger partial charge in [0.2, 0.25) is 5.69 Å². The van der Waals surface area contributed by atoms with E-state index in [9.17, 15) is 14.9 Å². The minimum Gasteiger partial charge on any atom is -0.378 e. The van der Waals surface area contributed by atoms with Gasteiger partial charge in [0.25, 0.3) is 5.91 Å². The van der Waals surface area contributed by atoms with E-state index in [0.29, 0.717) is 6.42 Å². The maximum atomic E-state index is 12.2. The molecule has 0 spiro atoms. The van der Waals surface area contributed by atoms with E-state index in [4.69, 9.17) is 4.74 Å². The number of nitrogens with zero attached hydrogens (tertiary/aromatic N) is 2. The van der Waals surface area contributed by atoms with Crippen LogP contribution >= 0.6 is 0 Å². The minimum absolute atomic E-state index is 0.119. The van der Waals surface area contributed by atoms with Crippen LogP contribution in [0.3, 0.4) is 0 Å². The zero-order valence-corrected chi connectivity index (χ0v) is 12.8. The van der Waals surface area contributed by atoms with Crippen molar-refractivity contribution >= 4 is 11.6 Å². The fraction of sp³-hybridized carbons (Fsp3) is 0.692. The first kappa shape index (κ1) is 15.4. The molecule has 0 saturated heterocycles. The second-order valence-corrected chi connectivity index (χ2v) is 6.19. The van der Waals surface area contributed by atoms with E-state index in [-0.39, 0.29) is 34.1 Å². The van der Waals surface area contributed by atoms with Crippen molar-refractivity contribution in [2.24, 2.45) is 5.41 Å². The van der Waals surface area contributed by atoms with Crippen LogP contribution in [0.4, 0.5) is 5.69 Å². The Kier molecular flexibility index (Phi) is 3.53. The molecule has 0 aromatic carbocycles. The number of nitrogens with one attached hydrogen (secondary N) is 2. The van der Waals surface area contributed by atoms with Crippen molar-refractivity contribution in [1.82, 2.24) is 15.5 Å². The highest BCUT2D eigenvalue weighted by Gasteiger charge is 2.58. The molecule has 21 heavy (non-hydrogen) atoms. The van der Waals surface area contributed by atoms with E-state index in [2.05, 4.69) is 15.5 Å². The average Bonchev–Trinajstić information content (AvgIpc) is 2.79. The molecule has 2 unspecified atom stereocenters. The van der Waals surface area contributed by atoms with E-state index in [0.717, 1.165) is 0 Å². The molecule has 116 valence electrons. The number of aryl methyl sites for hydroxylation is 1. The lowest BCUT2D eigenvalue weighted by molar-refractivity contribution is -0.385. The summed E-state index contributed by atoms with van der Waals surface area (Å²) in [7, 11) is 1.64. The third-order valence-corrected chi connectivity index (χ3v) is 4.90.